The van der Waals surface area contributed by atoms with E-state index in [-0.39, 0.29) is 17.9 Å². The van der Waals surface area contributed by atoms with E-state index >= 15 is 0 Å². The smallest absolute Gasteiger partial charge is 0.267 e. The lowest BCUT2D eigenvalue weighted by Crippen LogP contribution is -2.31. The van der Waals surface area contributed by atoms with Crippen LogP contribution in [-0.4, -0.2) is 25.3 Å². The van der Waals surface area contributed by atoms with Crippen LogP contribution in [0.1, 0.15) is 15.9 Å². The van der Waals surface area contributed by atoms with Crippen LogP contribution in [0.3, 0.4) is 0 Å². The van der Waals surface area contributed by atoms with Gasteiger partial charge in [0.25, 0.3) is 5.91 Å². The third kappa shape index (κ3) is 3.83. The van der Waals surface area contributed by atoms with E-state index in [1.165, 1.54) is 0 Å². The predicted molar refractivity (Wildman–Crippen MR) is 113 cm³/mol. The van der Waals surface area contributed by atoms with E-state index in [1.54, 1.807) is 71.3 Å². The lowest BCUT2D eigenvalue weighted by Gasteiger charge is -2.07. The van der Waals surface area contributed by atoms with E-state index in [0.29, 0.717) is 27.7 Å². The highest BCUT2D eigenvalue weighted by atomic mass is 32.2. The molecule has 0 fully saturated rings. The van der Waals surface area contributed by atoms with Crippen LogP contribution in [0.4, 0.5) is 0 Å². The molecule has 0 unspecified atom stereocenters. The number of carbonyl (C=O) groups is 1. The molecule has 4 aromatic rings. The fraction of sp³-hybridized carbons (Fsp3) is 0.0909. The number of benzene rings is 2. The molecule has 2 aromatic heterocycles. The zero-order chi connectivity index (χ0) is 21.1. The Balaban J connectivity index is 1.74. The molecule has 2 heterocycles. The molecular formula is C22H17N3O4S. The second-order valence-corrected chi connectivity index (χ2v) is 8.35. The summed E-state index contributed by atoms with van der Waals surface area (Å²) < 4.78 is 34.5. The number of ether oxygens (including phenoxy) is 1. The van der Waals surface area contributed by atoms with Crippen LogP contribution in [0.5, 0.6) is 5.75 Å². The molecule has 7 nitrogen and oxygen atoms in total. The van der Waals surface area contributed by atoms with Gasteiger partial charge in [-0.25, -0.2) is 13.1 Å². The van der Waals surface area contributed by atoms with Crippen molar-refractivity contribution in [3.05, 3.63) is 84.1 Å². The van der Waals surface area contributed by atoms with Crippen LogP contribution in [0.25, 0.3) is 16.4 Å². The molecule has 1 N–H and O–H groups in total. The van der Waals surface area contributed by atoms with Crippen LogP contribution in [0, 0.1) is 11.3 Å². The molecule has 0 radical (unpaired) electrons. The van der Waals surface area contributed by atoms with Gasteiger partial charge in [0.05, 0.1) is 22.3 Å². The van der Waals surface area contributed by atoms with Gasteiger partial charge in [0.2, 0.25) is 10.0 Å². The summed E-state index contributed by atoms with van der Waals surface area (Å²) in [6.45, 7) is -0.0973. The van der Waals surface area contributed by atoms with Crippen LogP contribution in [-0.2, 0) is 15.8 Å². The molecule has 8 heteroatoms. The number of pyridine rings is 1. The molecule has 0 aliphatic heterocycles. The Kier molecular flexibility index (Phi) is 5.12. The summed E-state index contributed by atoms with van der Waals surface area (Å²) in [6, 6.07) is 21.0. The van der Waals surface area contributed by atoms with Crippen molar-refractivity contribution in [1.82, 2.24) is 9.12 Å². The molecule has 0 spiro atoms. The van der Waals surface area contributed by atoms with E-state index in [4.69, 9.17) is 10.00 Å². The van der Waals surface area contributed by atoms with E-state index in [2.05, 4.69) is 4.72 Å². The molecule has 0 aliphatic carbocycles. The first-order valence-electron chi connectivity index (χ1n) is 9.10. The Labute approximate surface area is 173 Å². The quantitative estimate of drug-likeness (QED) is 0.517. The molecule has 30 heavy (non-hydrogen) atoms. The maximum atomic E-state index is 13.0. The lowest BCUT2D eigenvalue weighted by atomic mass is 10.1. The number of nitrogens with one attached hydrogen (secondary N) is 1. The summed E-state index contributed by atoms with van der Waals surface area (Å²) in [6.07, 6.45) is 1.78. The Morgan fingerprint density at radius 2 is 1.80 bits per heavy atom. The highest BCUT2D eigenvalue weighted by Crippen LogP contribution is 2.30. The largest absolute Gasteiger partial charge is 0.479 e. The second-order valence-electron chi connectivity index (χ2n) is 6.63. The Bertz CT molecular complexity index is 1390. The molecule has 2 aromatic carbocycles. The van der Waals surface area contributed by atoms with E-state index < -0.39 is 15.9 Å². The number of hydrogen-bond donors (Lipinski definition) is 1. The molecule has 0 bridgehead atoms. The summed E-state index contributed by atoms with van der Waals surface area (Å²) >= 11 is 0. The molecule has 4 rings (SSSR count). The summed E-state index contributed by atoms with van der Waals surface area (Å²) in [5.41, 5.74) is 2.08. The summed E-state index contributed by atoms with van der Waals surface area (Å²) in [4.78, 5) is 13.0. The Morgan fingerprint density at radius 3 is 2.57 bits per heavy atom. The van der Waals surface area contributed by atoms with Crippen molar-refractivity contribution in [2.75, 3.05) is 6.61 Å². The molecule has 0 aliphatic rings. The SMILES string of the molecule is N#CCOc1ccc2c(C(=O)NS(=O)(=O)Cc3ccccc3)c3ccccn3c2c1. The Morgan fingerprint density at radius 1 is 1.03 bits per heavy atom. The molecule has 150 valence electrons. The third-order valence-corrected chi connectivity index (χ3v) is 5.80. The summed E-state index contributed by atoms with van der Waals surface area (Å²) in [5.74, 6) is -0.513. The Hall–Kier alpha value is -3.83. The van der Waals surface area contributed by atoms with Crippen LogP contribution < -0.4 is 9.46 Å². The summed E-state index contributed by atoms with van der Waals surface area (Å²) in [5, 5.41) is 9.29. The van der Waals surface area contributed by atoms with Crippen LogP contribution in [0.2, 0.25) is 0 Å². The number of sulfonamides is 1. The van der Waals surface area contributed by atoms with Crippen molar-refractivity contribution in [3.8, 4) is 11.8 Å². The average molecular weight is 419 g/mol. The number of nitrogens with zero attached hydrogens (tertiary/aromatic N) is 2. The monoisotopic (exact) mass is 419 g/mol. The van der Waals surface area contributed by atoms with Gasteiger partial charge in [-0.05, 0) is 29.8 Å². The van der Waals surface area contributed by atoms with Crippen LogP contribution in [0.15, 0.2) is 72.9 Å². The van der Waals surface area contributed by atoms with Gasteiger partial charge in [0, 0.05) is 17.6 Å². The van der Waals surface area contributed by atoms with Gasteiger partial charge in [-0.2, -0.15) is 5.26 Å². The molecule has 0 saturated carbocycles. The van der Waals surface area contributed by atoms with E-state index in [9.17, 15) is 13.2 Å². The topological polar surface area (TPSA) is 101 Å². The van der Waals surface area contributed by atoms with Crippen molar-refractivity contribution in [2.45, 2.75) is 5.75 Å². The number of rotatable bonds is 6. The van der Waals surface area contributed by atoms with Gasteiger partial charge in [-0.15, -0.1) is 0 Å². The van der Waals surface area contributed by atoms with E-state index in [0.717, 1.165) is 0 Å². The van der Waals surface area contributed by atoms with Gasteiger partial charge in [-0.1, -0.05) is 36.4 Å². The normalized spacial score (nSPS) is 11.3. The number of aromatic nitrogens is 1. The van der Waals surface area contributed by atoms with Gasteiger partial charge < -0.3 is 9.14 Å². The maximum Gasteiger partial charge on any atom is 0.267 e. The third-order valence-electron chi connectivity index (χ3n) is 4.59. The first-order valence-corrected chi connectivity index (χ1v) is 10.7. The number of amides is 1. The fourth-order valence-electron chi connectivity index (χ4n) is 3.38. The maximum absolute atomic E-state index is 13.0. The van der Waals surface area contributed by atoms with Crippen molar-refractivity contribution in [2.24, 2.45) is 0 Å². The first kappa shape index (κ1) is 19.5. The zero-order valence-electron chi connectivity index (χ0n) is 15.8. The van der Waals surface area contributed by atoms with Crippen molar-refractivity contribution in [3.63, 3.8) is 0 Å². The molecule has 1 amide bonds. The lowest BCUT2D eigenvalue weighted by molar-refractivity contribution is 0.0984. The van der Waals surface area contributed by atoms with Gasteiger partial charge in [0.1, 0.15) is 11.8 Å². The van der Waals surface area contributed by atoms with Crippen molar-refractivity contribution in [1.29, 1.82) is 5.26 Å². The minimum atomic E-state index is -3.89. The highest BCUT2D eigenvalue weighted by Gasteiger charge is 2.23. The van der Waals surface area contributed by atoms with Crippen molar-refractivity contribution < 1.29 is 17.9 Å². The molecule has 0 atom stereocenters. The molecular weight excluding hydrogens is 402 g/mol. The second kappa shape index (κ2) is 7.89. The standard InChI is InChI=1S/C22H17N3O4S/c23-11-13-29-17-9-10-18-20(14-17)25-12-5-4-8-19(25)21(18)22(26)24-30(27,28)15-16-6-2-1-3-7-16/h1-10,12,14H,13,15H2,(H,24,26). The predicted octanol–water partition coefficient (Wildman–Crippen LogP) is 3.25. The number of hydrogen-bond acceptors (Lipinski definition) is 5. The highest BCUT2D eigenvalue weighted by molar-refractivity contribution is 7.89. The zero-order valence-corrected chi connectivity index (χ0v) is 16.6. The molecule has 0 saturated heterocycles. The minimum Gasteiger partial charge on any atom is -0.479 e. The van der Waals surface area contributed by atoms with Gasteiger partial charge >= 0.3 is 0 Å². The first-order chi connectivity index (χ1) is 14.5. The van der Waals surface area contributed by atoms with Crippen LogP contribution >= 0.6 is 0 Å². The van der Waals surface area contributed by atoms with E-state index in [1.807, 2.05) is 12.1 Å². The van der Waals surface area contributed by atoms with Crippen molar-refractivity contribution >= 4 is 32.4 Å². The number of nitriles is 1. The minimum absolute atomic E-state index is 0.0973. The average Bonchev–Trinajstić information content (AvgIpc) is 3.06. The fourth-order valence-corrected chi connectivity index (χ4v) is 4.47. The number of fused-ring (bicyclic) bond motifs is 3. The van der Waals surface area contributed by atoms with Gasteiger partial charge in [-0.3, -0.25) is 4.79 Å². The van der Waals surface area contributed by atoms with Gasteiger partial charge in [0.15, 0.2) is 6.61 Å². The number of carbonyl (C=O) groups excluding carboxylic acids is 1. The summed E-state index contributed by atoms with van der Waals surface area (Å²) in [7, 11) is -3.89.